The van der Waals surface area contributed by atoms with E-state index < -0.39 is 17.9 Å². The van der Waals surface area contributed by atoms with Crippen LogP contribution in [0.4, 0.5) is 0 Å². The Kier molecular flexibility index (Phi) is 4.32. The normalized spacial score (nSPS) is 39.1. The van der Waals surface area contributed by atoms with Gasteiger partial charge in [-0.1, -0.05) is 48.6 Å². The molecule has 0 bridgehead atoms. The van der Waals surface area contributed by atoms with Gasteiger partial charge in [0.2, 0.25) is 0 Å². The van der Waals surface area contributed by atoms with Gasteiger partial charge >= 0.3 is 0 Å². The first-order chi connectivity index (χ1) is 18.4. The van der Waals surface area contributed by atoms with Crippen LogP contribution in [0.3, 0.4) is 0 Å². The van der Waals surface area contributed by atoms with Crippen molar-refractivity contribution in [1.29, 1.82) is 0 Å². The van der Waals surface area contributed by atoms with Gasteiger partial charge in [0.15, 0.2) is 17.3 Å². The van der Waals surface area contributed by atoms with E-state index in [1.165, 1.54) is 17.2 Å². The maximum absolute atomic E-state index is 13.7. The lowest BCUT2D eigenvalue weighted by Gasteiger charge is -2.38. The lowest BCUT2D eigenvalue weighted by atomic mass is 9.66. The van der Waals surface area contributed by atoms with Crippen molar-refractivity contribution in [2.75, 3.05) is 13.1 Å². The minimum atomic E-state index is -0.826. The van der Waals surface area contributed by atoms with Crippen molar-refractivity contribution >= 4 is 23.1 Å². The molecule has 6 unspecified atom stereocenters. The largest absolute Gasteiger partial charge is 0.321 e. The summed E-state index contributed by atoms with van der Waals surface area (Å²) >= 11 is 0. The number of ketones is 4. The van der Waals surface area contributed by atoms with Crippen molar-refractivity contribution in [2.24, 2.45) is 28.4 Å². The summed E-state index contributed by atoms with van der Waals surface area (Å²) in [6.07, 6.45) is 18.9. The Hall–Kier alpha value is -3.52. The Labute approximate surface area is 219 Å². The summed E-state index contributed by atoms with van der Waals surface area (Å²) in [7, 11) is 0. The molecule has 2 fully saturated rings. The zero-order valence-electron chi connectivity index (χ0n) is 20.7. The monoisotopic (exact) mass is 505 g/mol. The van der Waals surface area contributed by atoms with Gasteiger partial charge < -0.3 is 16.4 Å². The number of hydrogen-bond donors (Lipinski definition) is 3. The van der Waals surface area contributed by atoms with Crippen molar-refractivity contribution in [2.45, 2.75) is 31.0 Å². The van der Waals surface area contributed by atoms with Crippen LogP contribution in [-0.2, 0) is 19.2 Å². The van der Waals surface area contributed by atoms with Crippen LogP contribution >= 0.6 is 0 Å². The molecule has 0 saturated carbocycles. The molecule has 7 nitrogen and oxygen atoms in total. The minimum Gasteiger partial charge on any atom is -0.321 e. The predicted molar refractivity (Wildman–Crippen MR) is 139 cm³/mol. The predicted octanol–water partition coefficient (Wildman–Crippen LogP) is 1.27. The molecule has 6 aliphatic carbocycles. The Morgan fingerprint density at radius 2 is 1.39 bits per heavy atom. The van der Waals surface area contributed by atoms with Gasteiger partial charge in [-0.15, -0.1) is 0 Å². The quantitative estimate of drug-likeness (QED) is 0.466. The molecule has 2 spiro atoms. The molecule has 38 heavy (non-hydrogen) atoms. The highest BCUT2D eigenvalue weighted by atomic mass is 16.1. The standard InChI is InChI=1S/C31H27N3O4/c32-23(27(38)20-10-18-22(4-2-6-25(18)36)31-12-16(31)14-34-29(20)31)7-8-26(37)19-9-17-21(3-1-5-24(17)35)30-11-15(30)13-33-28(19)30/h1-6,9-12,19-20,23,28-29,33-34H,7-8,13-14,32H2/t19?,20?,23-,28?,29?,30?,31?/m0/s1. The van der Waals surface area contributed by atoms with E-state index >= 15 is 0 Å². The molecule has 0 aromatic heterocycles. The highest BCUT2D eigenvalue weighted by molar-refractivity contribution is 6.12. The van der Waals surface area contributed by atoms with Crippen molar-refractivity contribution in [3.8, 4) is 0 Å². The van der Waals surface area contributed by atoms with E-state index in [0.717, 1.165) is 17.7 Å². The average molecular weight is 506 g/mol. The first-order valence-corrected chi connectivity index (χ1v) is 13.4. The first-order valence-electron chi connectivity index (χ1n) is 13.4. The second-order valence-electron chi connectivity index (χ2n) is 11.6. The van der Waals surface area contributed by atoms with Gasteiger partial charge in [-0.2, -0.15) is 0 Å². The zero-order chi connectivity index (χ0) is 26.0. The van der Waals surface area contributed by atoms with Crippen LogP contribution in [0.25, 0.3) is 0 Å². The lowest BCUT2D eigenvalue weighted by Crippen LogP contribution is -2.51. The van der Waals surface area contributed by atoms with Crippen LogP contribution in [0.5, 0.6) is 0 Å². The Balaban J connectivity index is 1.01. The SMILES string of the molecule is N[C@@H](CCC(=O)C1C=C2C(=O)C=CC=C2C23C=C2CNC13)C(=O)C1C=C2C(=O)C=CC=C2C23C=C2CNC13. The van der Waals surface area contributed by atoms with Crippen molar-refractivity contribution in [1.82, 2.24) is 10.6 Å². The highest BCUT2D eigenvalue weighted by Crippen LogP contribution is 2.63. The van der Waals surface area contributed by atoms with Crippen LogP contribution in [0, 0.1) is 22.7 Å². The molecule has 2 aliphatic heterocycles. The molecule has 190 valence electrons. The van der Waals surface area contributed by atoms with E-state index in [2.05, 4.69) is 22.8 Å². The number of Topliss-reactive ketones (excluding diaryl/α,β-unsaturated/α-hetero) is 2. The average Bonchev–Trinajstić information content (AvgIpc) is 3.74. The van der Waals surface area contributed by atoms with Crippen LogP contribution in [0.1, 0.15) is 12.8 Å². The molecule has 7 heteroatoms. The summed E-state index contributed by atoms with van der Waals surface area (Å²) in [4.78, 5) is 52.5. The summed E-state index contributed by atoms with van der Waals surface area (Å²) < 4.78 is 0. The van der Waals surface area contributed by atoms with E-state index in [1.807, 2.05) is 18.2 Å². The molecule has 0 radical (unpaired) electrons. The second-order valence-corrected chi connectivity index (χ2v) is 11.6. The van der Waals surface area contributed by atoms with Gasteiger partial charge in [0.25, 0.3) is 0 Å². The smallest absolute Gasteiger partial charge is 0.185 e. The number of carbonyl (C=O) groups excluding carboxylic acids is 4. The van der Waals surface area contributed by atoms with Gasteiger partial charge in [-0.25, -0.2) is 0 Å². The maximum atomic E-state index is 13.7. The third-order valence-electron chi connectivity index (χ3n) is 9.91. The molecule has 4 N–H and O–H groups in total. The third kappa shape index (κ3) is 2.69. The minimum absolute atomic E-state index is 0.0120. The molecule has 8 aliphatic rings. The van der Waals surface area contributed by atoms with Gasteiger partial charge in [0.1, 0.15) is 5.78 Å². The molecular weight excluding hydrogens is 478 g/mol. The fourth-order valence-electron chi connectivity index (χ4n) is 7.95. The van der Waals surface area contributed by atoms with Crippen LogP contribution in [0.2, 0.25) is 0 Å². The summed E-state index contributed by atoms with van der Waals surface area (Å²) in [5.41, 5.74) is 11.4. The number of allylic oxidation sites excluding steroid dienone is 8. The summed E-state index contributed by atoms with van der Waals surface area (Å²) in [6, 6.07) is -1.08. The summed E-state index contributed by atoms with van der Waals surface area (Å²) in [5.74, 6) is -1.30. The number of hydrogen-bond acceptors (Lipinski definition) is 7. The topological polar surface area (TPSA) is 118 Å². The van der Waals surface area contributed by atoms with Gasteiger partial charge in [0.05, 0.1) is 28.7 Å². The molecule has 0 amide bonds. The van der Waals surface area contributed by atoms with Gasteiger partial charge in [-0.3, -0.25) is 19.2 Å². The van der Waals surface area contributed by atoms with Crippen LogP contribution in [0.15, 0.2) is 94.2 Å². The molecule has 0 aromatic carbocycles. The number of nitrogens with one attached hydrogen (secondary N) is 2. The Morgan fingerprint density at radius 1 is 0.868 bits per heavy atom. The van der Waals surface area contributed by atoms with E-state index in [1.54, 1.807) is 24.3 Å². The molecular formula is C31H27N3O4. The Morgan fingerprint density at radius 3 is 1.95 bits per heavy atom. The Bertz CT molecular complexity index is 1550. The highest BCUT2D eigenvalue weighted by Gasteiger charge is 2.64. The van der Waals surface area contributed by atoms with Gasteiger partial charge in [0, 0.05) is 42.7 Å². The van der Waals surface area contributed by atoms with Gasteiger partial charge in [-0.05, 0) is 40.9 Å². The lowest BCUT2D eigenvalue weighted by molar-refractivity contribution is -0.125. The van der Waals surface area contributed by atoms with E-state index in [0.29, 0.717) is 17.7 Å². The van der Waals surface area contributed by atoms with E-state index in [9.17, 15) is 19.2 Å². The van der Waals surface area contributed by atoms with Crippen molar-refractivity contribution < 1.29 is 19.2 Å². The van der Waals surface area contributed by atoms with E-state index in [-0.39, 0.29) is 58.9 Å². The number of fused-ring (bicyclic) bond motifs is 2. The number of rotatable bonds is 6. The fraction of sp³-hybridized carbons (Fsp3) is 0.355. The third-order valence-corrected chi connectivity index (χ3v) is 9.91. The molecule has 2 saturated heterocycles. The molecule has 7 atom stereocenters. The first kappa shape index (κ1) is 22.5. The summed E-state index contributed by atoms with van der Waals surface area (Å²) in [6.45, 7) is 1.42. The van der Waals surface area contributed by atoms with Crippen molar-refractivity contribution in [3.05, 3.63) is 94.2 Å². The maximum Gasteiger partial charge on any atom is 0.185 e. The van der Waals surface area contributed by atoms with Crippen LogP contribution < -0.4 is 16.4 Å². The fourth-order valence-corrected chi connectivity index (χ4v) is 7.95. The number of carbonyl (C=O) groups is 4. The summed E-state index contributed by atoms with van der Waals surface area (Å²) in [5, 5.41) is 6.95. The number of nitrogens with two attached hydrogens (primary N) is 1. The molecule has 2 heterocycles. The van der Waals surface area contributed by atoms with Crippen LogP contribution in [-0.4, -0.2) is 54.3 Å². The second kappa shape index (κ2) is 7.32. The van der Waals surface area contributed by atoms with E-state index in [4.69, 9.17) is 5.73 Å². The van der Waals surface area contributed by atoms with Crippen molar-refractivity contribution in [3.63, 3.8) is 0 Å². The molecule has 8 rings (SSSR count). The zero-order valence-corrected chi connectivity index (χ0v) is 20.7. The molecule has 0 aromatic rings.